The van der Waals surface area contributed by atoms with E-state index in [1.54, 1.807) is 0 Å². The molecular formula is C12H13NO. The van der Waals surface area contributed by atoms with E-state index in [4.69, 9.17) is 0 Å². The molecule has 0 aliphatic rings. The van der Waals surface area contributed by atoms with Crippen molar-refractivity contribution < 1.29 is 4.79 Å². The fourth-order valence-electron chi connectivity index (χ4n) is 2.06. The zero-order valence-corrected chi connectivity index (χ0v) is 8.64. The molecule has 1 aromatic carbocycles. The van der Waals surface area contributed by atoms with E-state index in [2.05, 4.69) is 31.0 Å². The maximum Gasteiger partial charge on any atom is 0.166 e. The number of aryl methyl sites for hydroxylation is 3. The summed E-state index contributed by atoms with van der Waals surface area (Å²) in [6.07, 6.45) is 0.879. The quantitative estimate of drug-likeness (QED) is 0.684. The number of aromatic nitrogens is 1. The number of hydrogen-bond donors (Lipinski definition) is 1. The molecule has 0 aliphatic carbocycles. The number of H-pyrrole nitrogens is 1. The lowest BCUT2D eigenvalue weighted by Crippen LogP contribution is -1.81. The Morgan fingerprint density at radius 3 is 2.57 bits per heavy atom. The molecule has 0 spiro atoms. The van der Waals surface area contributed by atoms with Gasteiger partial charge in [-0.3, -0.25) is 4.79 Å². The summed E-state index contributed by atoms with van der Waals surface area (Å²) < 4.78 is 0. The van der Waals surface area contributed by atoms with Crippen LogP contribution >= 0.6 is 0 Å². The minimum absolute atomic E-state index is 0.689. The Morgan fingerprint density at radius 1 is 1.21 bits per heavy atom. The molecule has 1 heterocycles. The van der Waals surface area contributed by atoms with Gasteiger partial charge in [0.25, 0.3) is 0 Å². The molecule has 0 saturated carbocycles. The number of aromatic amines is 1. The zero-order valence-electron chi connectivity index (χ0n) is 8.64. The summed E-state index contributed by atoms with van der Waals surface area (Å²) in [5.74, 6) is 0. The van der Waals surface area contributed by atoms with Gasteiger partial charge in [-0.1, -0.05) is 6.07 Å². The summed E-state index contributed by atoms with van der Waals surface area (Å²) in [6, 6.07) is 4.21. The smallest absolute Gasteiger partial charge is 0.166 e. The van der Waals surface area contributed by atoms with Crippen molar-refractivity contribution in [3.63, 3.8) is 0 Å². The van der Waals surface area contributed by atoms with E-state index in [1.807, 2.05) is 6.92 Å². The number of benzene rings is 1. The van der Waals surface area contributed by atoms with Crippen LogP contribution in [0.2, 0.25) is 0 Å². The predicted octanol–water partition coefficient (Wildman–Crippen LogP) is 2.91. The number of aldehydes is 1. The van der Waals surface area contributed by atoms with Gasteiger partial charge in [-0.25, -0.2) is 0 Å². The highest BCUT2D eigenvalue weighted by atomic mass is 16.1. The fourth-order valence-corrected chi connectivity index (χ4v) is 2.06. The molecule has 2 aromatic rings. The van der Waals surface area contributed by atoms with Crippen LogP contribution in [0.15, 0.2) is 12.1 Å². The van der Waals surface area contributed by atoms with Gasteiger partial charge in [0.05, 0.1) is 5.69 Å². The van der Waals surface area contributed by atoms with E-state index in [0.29, 0.717) is 5.69 Å². The van der Waals surface area contributed by atoms with Gasteiger partial charge in [-0.05, 0) is 43.5 Å². The zero-order chi connectivity index (χ0) is 10.3. The van der Waals surface area contributed by atoms with Crippen molar-refractivity contribution in [2.24, 2.45) is 0 Å². The number of fused-ring (bicyclic) bond motifs is 1. The summed E-state index contributed by atoms with van der Waals surface area (Å²) >= 11 is 0. The van der Waals surface area contributed by atoms with Crippen molar-refractivity contribution >= 4 is 17.2 Å². The molecule has 2 rings (SSSR count). The first-order valence-electron chi connectivity index (χ1n) is 4.68. The monoisotopic (exact) mass is 187 g/mol. The number of hydrogen-bond acceptors (Lipinski definition) is 1. The van der Waals surface area contributed by atoms with E-state index in [9.17, 15) is 4.79 Å². The topological polar surface area (TPSA) is 32.9 Å². The summed E-state index contributed by atoms with van der Waals surface area (Å²) in [5.41, 5.74) is 5.24. The van der Waals surface area contributed by atoms with Crippen LogP contribution in [0.5, 0.6) is 0 Å². The molecule has 0 radical (unpaired) electrons. The van der Waals surface area contributed by atoms with Crippen LogP contribution in [-0.2, 0) is 0 Å². The van der Waals surface area contributed by atoms with Crippen molar-refractivity contribution in [2.75, 3.05) is 0 Å². The molecule has 2 heteroatoms. The molecule has 0 atom stereocenters. The number of carbonyl (C=O) groups excluding carboxylic acids is 1. The lowest BCUT2D eigenvalue weighted by atomic mass is 10.0. The molecule has 2 nitrogen and oxygen atoms in total. The van der Waals surface area contributed by atoms with Gasteiger partial charge in [-0.2, -0.15) is 0 Å². The first-order chi connectivity index (χ1) is 6.63. The third-order valence-electron chi connectivity index (χ3n) is 2.65. The second kappa shape index (κ2) is 2.98. The maximum absolute atomic E-state index is 10.8. The van der Waals surface area contributed by atoms with Crippen molar-refractivity contribution in [1.82, 2.24) is 4.98 Å². The van der Waals surface area contributed by atoms with E-state index in [-0.39, 0.29) is 0 Å². The van der Waals surface area contributed by atoms with Crippen LogP contribution in [0.1, 0.15) is 27.2 Å². The normalized spacial score (nSPS) is 10.8. The van der Waals surface area contributed by atoms with Crippen molar-refractivity contribution in [3.05, 3.63) is 34.5 Å². The molecular weight excluding hydrogens is 174 g/mol. The van der Waals surface area contributed by atoms with Gasteiger partial charge in [0.2, 0.25) is 0 Å². The van der Waals surface area contributed by atoms with Crippen molar-refractivity contribution in [1.29, 1.82) is 0 Å². The Balaban J connectivity index is 2.92. The standard InChI is InChI=1S/C12H13NO/c1-7-4-8(2)12-9(3)11(6-14)13-10(12)5-7/h4-6,13H,1-3H3. The highest BCUT2D eigenvalue weighted by Crippen LogP contribution is 2.25. The van der Waals surface area contributed by atoms with Crippen LogP contribution in [0.3, 0.4) is 0 Å². The highest BCUT2D eigenvalue weighted by Gasteiger charge is 2.08. The summed E-state index contributed by atoms with van der Waals surface area (Å²) in [4.78, 5) is 13.9. The summed E-state index contributed by atoms with van der Waals surface area (Å²) in [7, 11) is 0. The van der Waals surface area contributed by atoms with Gasteiger partial charge >= 0.3 is 0 Å². The molecule has 0 saturated heterocycles. The molecule has 0 unspecified atom stereocenters. The fraction of sp³-hybridized carbons (Fsp3) is 0.250. The molecule has 0 amide bonds. The maximum atomic E-state index is 10.8. The predicted molar refractivity (Wildman–Crippen MR) is 57.9 cm³/mol. The third-order valence-corrected chi connectivity index (χ3v) is 2.65. The first-order valence-corrected chi connectivity index (χ1v) is 4.68. The Kier molecular flexibility index (Phi) is 1.92. The molecule has 1 N–H and O–H groups in total. The van der Waals surface area contributed by atoms with Gasteiger partial charge < -0.3 is 4.98 Å². The first kappa shape index (κ1) is 9.00. The Labute approximate surface area is 82.9 Å². The highest BCUT2D eigenvalue weighted by molar-refractivity contribution is 5.94. The largest absolute Gasteiger partial charge is 0.352 e. The molecule has 0 aliphatic heterocycles. The molecule has 1 aromatic heterocycles. The average molecular weight is 187 g/mol. The molecule has 0 fully saturated rings. The van der Waals surface area contributed by atoms with Gasteiger partial charge in [0.1, 0.15) is 0 Å². The van der Waals surface area contributed by atoms with Crippen LogP contribution in [-0.4, -0.2) is 11.3 Å². The van der Waals surface area contributed by atoms with Crippen LogP contribution < -0.4 is 0 Å². The summed E-state index contributed by atoms with van der Waals surface area (Å²) in [6.45, 7) is 6.11. The van der Waals surface area contributed by atoms with Crippen molar-refractivity contribution in [3.8, 4) is 0 Å². The SMILES string of the molecule is Cc1cc(C)c2c(C)c(C=O)[nH]c2c1. The van der Waals surface area contributed by atoms with E-state index >= 15 is 0 Å². The molecule has 72 valence electrons. The number of rotatable bonds is 1. The van der Waals surface area contributed by atoms with Crippen LogP contribution in [0.25, 0.3) is 10.9 Å². The Hall–Kier alpha value is -1.57. The summed E-state index contributed by atoms with van der Waals surface area (Å²) in [5, 5.41) is 1.18. The average Bonchev–Trinajstić information content (AvgIpc) is 2.42. The third kappa shape index (κ3) is 1.15. The van der Waals surface area contributed by atoms with Gasteiger partial charge in [-0.15, -0.1) is 0 Å². The van der Waals surface area contributed by atoms with E-state index in [0.717, 1.165) is 17.4 Å². The van der Waals surface area contributed by atoms with E-state index < -0.39 is 0 Å². The number of nitrogens with one attached hydrogen (secondary N) is 1. The Bertz CT molecular complexity index is 509. The number of carbonyl (C=O) groups is 1. The van der Waals surface area contributed by atoms with Crippen LogP contribution in [0.4, 0.5) is 0 Å². The Morgan fingerprint density at radius 2 is 1.93 bits per heavy atom. The second-order valence-electron chi connectivity index (χ2n) is 3.79. The second-order valence-corrected chi connectivity index (χ2v) is 3.79. The van der Waals surface area contributed by atoms with Gasteiger partial charge in [0, 0.05) is 10.9 Å². The molecule has 14 heavy (non-hydrogen) atoms. The van der Waals surface area contributed by atoms with Crippen LogP contribution in [0, 0.1) is 20.8 Å². The lowest BCUT2D eigenvalue weighted by molar-refractivity contribution is 0.111. The minimum atomic E-state index is 0.689. The molecule has 0 bridgehead atoms. The minimum Gasteiger partial charge on any atom is -0.352 e. The van der Waals surface area contributed by atoms with E-state index in [1.165, 1.54) is 16.5 Å². The van der Waals surface area contributed by atoms with Gasteiger partial charge in [0.15, 0.2) is 6.29 Å². The lowest BCUT2D eigenvalue weighted by Gasteiger charge is -1.99. The van der Waals surface area contributed by atoms with Crippen molar-refractivity contribution in [2.45, 2.75) is 20.8 Å².